The van der Waals surface area contributed by atoms with Gasteiger partial charge in [0.05, 0.1) is 12.1 Å². The first-order chi connectivity index (χ1) is 10.4. The topological polar surface area (TPSA) is 35.6 Å². The lowest BCUT2D eigenvalue weighted by Gasteiger charge is -2.34. The number of hydrogen-bond acceptors (Lipinski definition) is 3. The fourth-order valence-electron chi connectivity index (χ4n) is 2.41. The molecule has 1 aliphatic rings. The van der Waals surface area contributed by atoms with E-state index in [4.69, 9.17) is 0 Å². The number of amides is 1. The maximum atomic E-state index is 12.6. The summed E-state index contributed by atoms with van der Waals surface area (Å²) >= 11 is 0. The number of hydrogen-bond donors (Lipinski definition) is 1. The Kier molecular flexibility index (Phi) is 5.28. The van der Waals surface area contributed by atoms with Crippen LogP contribution in [0.4, 0.5) is 18.9 Å². The van der Waals surface area contributed by atoms with Crippen molar-refractivity contribution in [3.8, 4) is 0 Å². The van der Waals surface area contributed by atoms with Gasteiger partial charge in [-0.05, 0) is 24.7 Å². The SMILES string of the molecule is CCN1CCN(C(=O)CNc2cccc(C(F)(F)F)c2)CC1. The number of halogens is 3. The van der Waals surface area contributed by atoms with E-state index in [1.807, 2.05) is 0 Å². The van der Waals surface area contributed by atoms with E-state index in [0.717, 1.165) is 31.8 Å². The molecule has 0 saturated carbocycles. The molecule has 1 saturated heterocycles. The molecule has 1 N–H and O–H groups in total. The van der Waals surface area contributed by atoms with Gasteiger partial charge in [-0.25, -0.2) is 0 Å². The summed E-state index contributed by atoms with van der Waals surface area (Å²) in [5.74, 6) is -0.0897. The van der Waals surface area contributed by atoms with Gasteiger partial charge in [-0.3, -0.25) is 4.79 Å². The van der Waals surface area contributed by atoms with Crippen molar-refractivity contribution in [3.63, 3.8) is 0 Å². The maximum absolute atomic E-state index is 12.6. The highest BCUT2D eigenvalue weighted by molar-refractivity contribution is 5.81. The number of benzene rings is 1. The van der Waals surface area contributed by atoms with Crippen molar-refractivity contribution in [3.05, 3.63) is 29.8 Å². The van der Waals surface area contributed by atoms with Crippen LogP contribution in [0.1, 0.15) is 12.5 Å². The predicted octanol–water partition coefficient (Wildman–Crippen LogP) is 2.28. The van der Waals surface area contributed by atoms with Crippen LogP contribution in [-0.4, -0.2) is 55.0 Å². The van der Waals surface area contributed by atoms with Gasteiger partial charge in [0.1, 0.15) is 0 Å². The first kappa shape index (κ1) is 16.6. The van der Waals surface area contributed by atoms with E-state index in [0.29, 0.717) is 18.8 Å². The van der Waals surface area contributed by atoms with Gasteiger partial charge in [-0.2, -0.15) is 13.2 Å². The van der Waals surface area contributed by atoms with Crippen molar-refractivity contribution < 1.29 is 18.0 Å². The van der Waals surface area contributed by atoms with E-state index in [9.17, 15) is 18.0 Å². The number of carbonyl (C=O) groups excluding carboxylic acids is 1. The van der Waals surface area contributed by atoms with Crippen LogP contribution < -0.4 is 5.32 Å². The highest BCUT2D eigenvalue weighted by atomic mass is 19.4. The van der Waals surface area contributed by atoms with Crippen molar-refractivity contribution in [2.75, 3.05) is 44.6 Å². The summed E-state index contributed by atoms with van der Waals surface area (Å²) in [4.78, 5) is 16.1. The maximum Gasteiger partial charge on any atom is 0.416 e. The van der Waals surface area contributed by atoms with Gasteiger partial charge >= 0.3 is 6.18 Å². The molecule has 0 spiro atoms. The van der Waals surface area contributed by atoms with Crippen LogP contribution in [-0.2, 0) is 11.0 Å². The van der Waals surface area contributed by atoms with E-state index in [1.54, 1.807) is 4.90 Å². The lowest BCUT2D eigenvalue weighted by Crippen LogP contribution is -2.49. The van der Waals surface area contributed by atoms with Crippen molar-refractivity contribution >= 4 is 11.6 Å². The van der Waals surface area contributed by atoms with Gasteiger partial charge in [0.2, 0.25) is 5.91 Å². The largest absolute Gasteiger partial charge is 0.416 e. The minimum atomic E-state index is -4.38. The summed E-state index contributed by atoms with van der Waals surface area (Å²) in [6.07, 6.45) is -4.38. The minimum Gasteiger partial charge on any atom is -0.376 e. The van der Waals surface area contributed by atoms with E-state index in [2.05, 4.69) is 17.1 Å². The third-order valence-corrected chi connectivity index (χ3v) is 3.81. The van der Waals surface area contributed by atoms with Crippen LogP contribution in [0.25, 0.3) is 0 Å². The summed E-state index contributed by atoms with van der Waals surface area (Å²) in [5, 5.41) is 2.77. The second-order valence-corrected chi connectivity index (χ2v) is 5.25. The van der Waals surface area contributed by atoms with Crippen LogP contribution in [0.2, 0.25) is 0 Å². The standard InChI is InChI=1S/C15H20F3N3O/c1-2-20-6-8-21(9-7-20)14(22)11-19-13-5-3-4-12(10-13)15(16,17)18/h3-5,10,19H,2,6-9,11H2,1H3. The first-order valence-corrected chi connectivity index (χ1v) is 7.31. The average Bonchev–Trinajstić information content (AvgIpc) is 2.52. The Bertz CT molecular complexity index is 511. The highest BCUT2D eigenvalue weighted by Gasteiger charge is 2.30. The highest BCUT2D eigenvalue weighted by Crippen LogP contribution is 2.30. The number of carbonyl (C=O) groups is 1. The molecule has 0 atom stereocenters. The zero-order valence-electron chi connectivity index (χ0n) is 12.5. The number of nitrogens with one attached hydrogen (secondary N) is 1. The van der Waals surface area contributed by atoms with Gasteiger partial charge in [-0.15, -0.1) is 0 Å². The molecule has 4 nitrogen and oxygen atoms in total. The van der Waals surface area contributed by atoms with E-state index < -0.39 is 11.7 Å². The lowest BCUT2D eigenvalue weighted by molar-refractivity contribution is -0.137. The van der Waals surface area contributed by atoms with Gasteiger partial charge in [0.15, 0.2) is 0 Å². The summed E-state index contributed by atoms with van der Waals surface area (Å²) in [5.41, 5.74) is -0.420. The number of piperazine rings is 1. The Morgan fingerprint density at radius 3 is 2.50 bits per heavy atom. The number of alkyl halides is 3. The molecular weight excluding hydrogens is 295 g/mol. The van der Waals surface area contributed by atoms with Gasteiger partial charge < -0.3 is 15.1 Å². The molecule has 0 aliphatic carbocycles. The van der Waals surface area contributed by atoms with Crippen molar-refractivity contribution in [2.45, 2.75) is 13.1 Å². The molecule has 0 unspecified atom stereocenters. The number of anilines is 1. The number of rotatable bonds is 4. The normalized spacial score (nSPS) is 16.6. The van der Waals surface area contributed by atoms with E-state index in [-0.39, 0.29) is 12.5 Å². The molecule has 0 aromatic heterocycles. The molecular formula is C15H20F3N3O. The third-order valence-electron chi connectivity index (χ3n) is 3.81. The second-order valence-electron chi connectivity index (χ2n) is 5.25. The zero-order valence-corrected chi connectivity index (χ0v) is 12.5. The summed E-state index contributed by atoms with van der Waals surface area (Å²) < 4.78 is 37.9. The Balaban J connectivity index is 1.86. The Morgan fingerprint density at radius 2 is 1.91 bits per heavy atom. The lowest BCUT2D eigenvalue weighted by atomic mass is 10.2. The van der Waals surface area contributed by atoms with Gasteiger partial charge in [-0.1, -0.05) is 13.0 Å². The van der Waals surface area contributed by atoms with E-state index in [1.165, 1.54) is 12.1 Å². The summed E-state index contributed by atoms with van der Waals surface area (Å²) in [7, 11) is 0. The second kappa shape index (κ2) is 7.00. The molecule has 7 heteroatoms. The Hall–Kier alpha value is -1.76. The quantitative estimate of drug-likeness (QED) is 0.926. The van der Waals surface area contributed by atoms with Crippen LogP contribution >= 0.6 is 0 Å². The van der Waals surface area contributed by atoms with Crippen molar-refractivity contribution in [1.82, 2.24) is 9.80 Å². The Morgan fingerprint density at radius 1 is 1.23 bits per heavy atom. The molecule has 1 amide bonds. The van der Waals surface area contributed by atoms with Crippen LogP contribution in [0, 0.1) is 0 Å². The summed E-state index contributed by atoms with van der Waals surface area (Å²) in [6.45, 7) is 6.05. The molecule has 1 aromatic rings. The molecule has 1 heterocycles. The number of likely N-dealkylation sites (N-methyl/N-ethyl adjacent to an activating group) is 1. The molecule has 0 radical (unpaired) electrons. The molecule has 1 aromatic carbocycles. The molecule has 0 bridgehead atoms. The fraction of sp³-hybridized carbons (Fsp3) is 0.533. The molecule has 122 valence electrons. The zero-order chi connectivity index (χ0) is 16.2. The van der Waals surface area contributed by atoms with Crippen LogP contribution in [0.3, 0.4) is 0 Å². The number of nitrogens with zero attached hydrogens (tertiary/aromatic N) is 2. The molecule has 2 rings (SSSR count). The van der Waals surface area contributed by atoms with Gasteiger partial charge in [0, 0.05) is 31.9 Å². The molecule has 1 fully saturated rings. The van der Waals surface area contributed by atoms with Crippen LogP contribution in [0.5, 0.6) is 0 Å². The average molecular weight is 315 g/mol. The third kappa shape index (κ3) is 4.37. The van der Waals surface area contributed by atoms with Crippen molar-refractivity contribution in [1.29, 1.82) is 0 Å². The fourth-order valence-corrected chi connectivity index (χ4v) is 2.41. The molecule has 22 heavy (non-hydrogen) atoms. The van der Waals surface area contributed by atoms with Crippen molar-refractivity contribution in [2.24, 2.45) is 0 Å². The minimum absolute atomic E-state index is 0.00738. The van der Waals surface area contributed by atoms with Gasteiger partial charge in [0.25, 0.3) is 0 Å². The smallest absolute Gasteiger partial charge is 0.376 e. The van der Waals surface area contributed by atoms with Crippen LogP contribution in [0.15, 0.2) is 24.3 Å². The first-order valence-electron chi connectivity index (χ1n) is 7.31. The Labute approximate surface area is 127 Å². The predicted molar refractivity (Wildman–Crippen MR) is 78.6 cm³/mol. The van der Waals surface area contributed by atoms with E-state index >= 15 is 0 Å². The monoisotopic (exact) mass is 315 g/mol. The summed E-state index contributed by atoms with van der Waals surface area (Å²) in [6, 6.07) is 4.88. The molecule has 1 aliphatic heterocycles.